The van der Waals surface area contributed by atoms with Gasteiger partial charge in [-0.1, -0.05) is 30.3 Å². The second-order valence-corrected chi connectivity index (χ2v) is 3.04. The molecule has 1 aliphatic heterocycles. The van der Waals surface area contributed by atoms with E-state index in [1.165, 1.54) is 0 Å². The van der Waals surface area contributed by atoms with Crippen molar-refractivity contribution in [1.29, 1.82) is 0 Å². The molecule has 1 aliphatic rings. The van der Waals surface area contributed by atoms with Crippen molar-refractivity contribution in [2.24, 2.45) is 0 Å². The van der Waals surface area contributed by atoms with Crippen LogP contribution >= 0.6 is 0 Å². The number of carboxylic acids is 1. The van der Waals surface area contributed by atoms with Crippen LogP contribution in [0.4, 0.5) is 0 Å². The number of carbonyl (C=O) groups is 1. The van der Waals surface area contributed by atoms with E-state index < -0.39 is 19.2 Å². The van der Waals surface area contributed by atoms with Crippen molar-refractivity contribution in [2.45, 2.75) is 6.10 Å². The van der Waals surface area contributed by atoms with Gasteiger partial charge in [0.1, 0.15) is 0 Å². The third kappa shape index (κ3) is 1.78. The molecule has 2 rings (SSSR count). The lowest BCUT2D eigenvalue weighted by Gasteiger charge is -2.04. The molecule has 1 aromatic carbocycles. The van der Waals surface area contributed by atoms with Gasteiger partial charge in [-0.25, -0.2) is 4.79 Å². The largest absolute Gasteiger partial charge is 0.494 e. The topological polar surface area (TPSA) is 55.8 Å². The Kier molecular flexibility index (Phi) is 2.52. The predicted molar refractivity (Wildman–Crippen MR) is 50.3 cm³/mol. The maximum atomic E-state index is 10.6. The van der Waals surface area contributed by atoms with E-state index in [1.54, 1.807) is 0 Å². The number of hydrogen-bond donors (Lipinski definition) is 1. The van der Waals surface area contributed by atoms with Gasteiger partial charge in [0.25, 0.3) is 0 Å². The van der Waals surface area contributed by atoms with Gasteiger partial charge in [0.15, 0.2) is 6.10 Å². The molecular formula is C9H9BO4. The molecule has 72 valence electrons. The first-order chi connectivity index (χ1) is 6.77. The Labute approximate surface area is 81.6 Å². The summed E-state index contributed by atoms with van der Waals surface area (Å²) in [4.78, 5) is 10.6. The van der Waals surface area contributed by atoms with Gasteiger partial charge in [0.05, 0.1) is 6.61 Å². The van der Waals surface area contributed by atoms with Gasteiger partial charge in [-0.15, -0.1) is 0 Å². The SMILES string of the molecule is O=C(O)C1COB(c2ccccc2)O1. The molecule has 5 heteroatoms. The third-order valence-corrected chi connectivity index (χ3v) is 2.03. The molecule has 14 heavy (non-hydrogen) atoms. The Morgan fingerprint density at radius 2 is 2.14 bits per heavy atom. The summed E-state index contributed by atoms with van der Waals surface area (Å²) in [5, 5.41) is 8.67. The lowest BCUT2D eigenvalue weighted by Crippen LogP contribution is -2.33. The van der Waals surface area contributed by atoms with Crippen LogP contribution < -0.4 is 5.46 Å². The fourth-order valence-corrected chi connectivity index (χ4v) is 1.32. The van der Waals surface area contributed by atoms with Gasteiger partial charge in [-0.05, 0) is 5.46 Å². The van der Waals surface area contributed by atoms with Crippen LogP contribution in [0.3, 0.4) is 0 Å². The Morgan fingerprint density at radius 1 is 1.43 bits per heavy atom. The molecular weight excluding hydrogens is 183 g/mol. The van der Waals surface area contributed by atoms with Crippen LogP contribution in [0.2, 0.25) is 0 Å². The molecule has 1 atom stereocenters. The van der Waals surface area contributed by atoms with Crippen molar-refractivity contribution >= 4 is 18.6 Å². The number of aliphatic carboxylic acids is 1. The summed E-state index contributed by atoms with van der Waals surface area (Å²) < 4.78 is 10.4. The van der Waals surface area contributed by atoms with E-state index in [0.29, 0.717) is 0 Å². The average Bonchev–Trinajstić information content (AvgIpc) is 2.68. The van der Waals surface area contributed by atoms with Crippen LogP contribution in [-0.2, 0) is 14.1 Å². The lowest BCUT2D eigenvalue weighted by atomic mass is 9.79. The minimum absolute atomic E-state index is 0.106. The van der Waals surface area contributed by atoms with Gasteiger partial charge in [0.2, 0.25) is 0 Å². The van der Waals surface area contributed by atoms with Crippen molar-refractivity contribution in [3.8, 4) is 0 Å². The van der Waals surface area contributed by atoms with E-state index in [-0.39, 0.29) is 6.61 Å². The second kappa shape index (κ2) is 3.81. The molecule has 0 aliphatic carbocycles. The van der Waals surface area contributed by atoms with Crippen LogP contribution in [0.5, 0.6) is 0 Å². The summed E-state index contributed by atoms with van der Waals surface area (Å²) >= 11 is 0. The summed E-state index contributed by atoms with van der Waals surface area (Å²) in [6, 6.07) is 9.28. The average molecular weight is 192 g/mol. The Morgan fingerprint density at radius 3 is 2.71 bits per heavy atom. The van der Waals surface area contributed by atoms with E-state index >= 15 is 0 Å². The lowest BCUT2D eigenvalue weighted by molar-refractivity contribution is -0.144. The van der Waals surface area contributed by atoms with Gasteiger partial charge in [0, 0.05) is 0 Å². The first-order valence-electron chi connectivity index (χ1n) is 4.32. The minimum Gasteiger partial charge on any atom is -0.479 e. The van der Waals surface area contributed by atoms with Gasteiger partial charge >= 0.3 is 13.1 Å². The molecule has 0 bridgehead atoms. The summed E-state index contributed by atoms with van der Waals surface area (Å²) in [7, 11) is -0.544. The maximum absolute atomic E-state index is 10.6. The highest BCUT2D eigenvalue weighted by Crippen LogP contribution is 2.08. The Balaban J connectivity index is 2.06. The van der Waals surface area contributed by atoms with E-state index in [0.717, 1.165) is 5.46 Å². The van der Waals surface area contributed by atoms with Crippen LogP contribution in [0.25, 0.3) is 0 Å². The molecule has 0 saturated carbocycles. The molecule has 1 unspecified atom stereocenters. The summed E-state index contributed by atoms with van der Waals surface area (Å²) in [5.41, 5.74) is 0.844. The highest BCUT2D eigenvalue weighted by Gasteiger charge is 2.36. The number of carboxylic acid groups (broad SMARTS) is 1. The monoisotopic (exact) mass is 192 g/mol. The first kappa shape index (κ1) is 9.24. The van der Waals surface area contributed by atoms with Crippen LogP contribution in [0.1, 0.15) is 0 Å². The number of benzene rings is 1. The number of rotatable bonds is 2. The van der Waals surface area contributed by atoms with E-state index in [4.69, 9.17) is 14.4 Å². The zero-order valence-corrected chi connectivity index (χ0v) is 7.42. The fourth-order valence-electron chi connectivity index (χ4n) is 1.32. The molecule has 1 fully saturated rings. The highest BCUT2D eigenvalue weighted by atomic mass is 16.7. The Hall–Kier alpha value is -1.33. The van der Waals surface area contributed by atoms with Crippen molar-refractivity contribution < 1.29 is 19.2 Å². The van der Waals surface area contributed by atoms with Crippen LogP contribution in [0.15, 0.2) is 30.3 Å². The summed E-state index contributed by atoms with van der Waals surface area (Å²) in [6.07, 6.45) is -0.847. The molecule has 0 aromatic heterocycles. The zero-order valence-electron chi connectivity index (χ0n) is 7.42. The number of hydrogen-bond acceptors (Lipinski definition) is 3. The highest BCUT2D eigenvalue weighted by molar-refractivity contribution is 6.62. The minimum atomic E-state index is -0.983. The van der Waals surface area contributed by atoms with Crippen molar-refractivity contribution in [2.75, 3.05) is 6.61 Å². The maximum Gasteiger partial charge on any atom is 0.494 e. The molecule has 1 saturated heterocycles. The van der Waals surface area contributed by atoms with Crippen molar-refractivity contribution in [1.82, 2.24) is 0 Å². The quantitative estimate of drug-likeness (QED) is 0.663. The second-order valence-electron chi connectivity index (χ2n) is 3.04. The van der Waals surface area contributed by atoms with Crippen LogP contribution in [0, 0.1) is 0 Å². The summed E-state index contributed by atoms with van der Waals surface area (Å²) in [6.45, 7) is 0.106. The fraction of sp³-hybridized carbons (Fsp3) is 0.222. The molecule has 0 spiro atoms. The van der Waals surface area contributed by atoms with Crippen LogP contribution in [-0.4, -0.2) is 30.9 Å². The van der Waals surface area contributed by atoms with E-state index in [9.17, 15) is 4.79 Å². The summed E-state index contributed by atoms with van der Waals surface area (Å²) in [5.74, 6) is -0.983. The molecule has 0 radical (unpaired) electrons. The predicted octanol–water partition coefficient (Wildman–Crippen LogP) is -0.118. The van der Waals surface area contributed by atoms with Gasteiger partial charge in [-0.2, -0.15) is 0 Å². The van der Waals surface area contributed by atoms with Crippen molar-refractivity contribution in [3.63, 3.8) is 0 Å². The molecule has 1 aromatic rings. The molecule has 1 heterocycles. The van der Waals surface area contributed by atoms with Gasteiger partial charge in [-0.3, -0.25) is 0 Å². The van der Waals surface area contributed by atoms with Crippen molar-refractivity contribution in [3.05, 3.63) is 30.3 Å². The van der Waals surface area contributed by atoms with Gasteiger partial charge < -0.3 is 14.4 Å². The standard InChI is InChI=1S/C9H9BO4/c11-9(12)8-6-13-10(14-8)7-4-2-1-3-5-7/h1-5,8H,6H2,(H,11,12). The first-order valence-corrected chi connectivity index (χ1v) is 4.32. The Bertz CT molecular complexity index is 327. The molecule has 4 nitrogen and oxygen atoms in total. The third-order valence-electron chi connectivity index (χ3n) is 2.03. The van der Waals surface area contributed by atoms with E-state index in [1.807, 2.05) is 30.3 Å². The smallest absolute Gasteiger partial charge is 0.479 e. The van der Waals surface area contributed by atoms with E-state index in [2.05, 4.69) is 0 Å². The normalized spacial score (nSPS) is 21.1. The zero-order chi connectivity index (χ0) is 9.97. The molecule has 0 amide bonds. The molecule has 1 N–H and O–H groups in total.